The number of nitrogens with two attached hydrogens (primary N) is 1. The van der Waals surface area contributed by atoms with Crippen LogP contribution in [0.3, 0.4) is 0 Å². The summed E-state index contributed by atoms with van der Waals surface area (Å²) in [5, 5.41) is 17.9. The van der Waals surface area contributed by atoms with Crippen LogP contribution in [0.2, 0.25) is 0 Å². The SMILES string of the molecule is N=C(C(=O)c1ccc(F)c(NSCc2ccccc2)c1F)c1cc(-c2ccc(O)cc2)cnc1N. The van der Waals surface area contributed by atoms with Gasteiger partial charge in [-0.05, 0) is 53.4 Å². The molecule has 1 heterocycles. The zero-order chi connectivity index (χ0) is 24.9. The second-order valence-electron chi connectivity index (χ2n) is 7.57. The van der Waals surface area contributed by atoms with Gasteiger partial charge in [0.2, 0.25) is 5.78 Å². The standard InChI is InChI=1S/C26H20F2N4O2S/c27-21-11-10-19(22(28)24(21)32-35-14-15-4-2-1-3-5-15)25(34)23(29)20-12-17(13-31-26(20)30)16-6-8-18(33)9-7-16/h1-13,29,32-33H,14H2,(H2,30,31). The van der Waals surface area contributed by atoms with Gasteiger partial charge in [0.15, 0.2) is 5.82 Å². The van der Waals surface area contributed by atoms with E-state index in [1.807, 2.05) is 30.3 Å². The van der Waals surface area contributed by atoms with Crippen molar-refractivity contribution in [2.24, 2.45) is 0 Å². The van der Waals surface area contributed by atoms with E-state index in [0.29, 0.717) is 16.9 Å². The highest BCUT2D eigenvalue weighted by atomic mass is 32.2. The highest BCUT2D eigenvalue weighted by molar-refractivity contribution is 7.99. The number of nitrogens with one attached hydrogen (secondary N) is 2. The van der Waals surface area contributed by atoms with Crippen molar-refractivity contribution in [1.82, 2.24) is 4.98 Å². The van der Waals surface area contributed by atoms with E-state index in [-0.39, 0.29) is 17.1 Å². The molecule has 4 aromatic rings. The second-order valence-corrected chi connectivity index (χ2v) is 8.35. The molecular weight excluding hydrogens is 470 g/mol. The molecule has 0 aliphatic carbocycles. The number of phenols is 1. The minimum absolute atomic E-state index is 0.0114. The molecule has 35 heavy (non-hydrogen) atoms. The number of rotatable bonds is 8. The average Bonchev–Trinajstić information content (AvgIpc) is 2.87. The molecule has 5 N–H and O–H groups in total. The van der Waals surface area contributed by atoms with Gasteiger partial charge in [-0.15, -0.1) is 0 Å². The summed E-state index contributed by atoms with van der Waals surface area (Å²) >= 11 is 1.07. The van der Waals surface area contributed by atoms with E-state index in [0.717, 1.165) is 29.6 Å². The molecule has 9 heteroatoms. The Bertz CT molecular complexity index is 1400. The van der Waals surface area contributed by atoms with E-state index in [2.05, 4.69) is 9.71 Å². The monoisotopic (exact) mass is 490 g/mol. The van der Waals surface area contributed by atoms with Gasteiger partial charge in [-0.2, -0.15) is 0 Å². The lowest BCUT2D eigenvalue weighted by Crippen LogP contribution is -2.19. The van der Waals surface area contributed by atoms with Gasteiger partial charge in [0.25, 0.3) is 0 Å². The third kappa shape index (κ3) is 5.30. The number of halogens is 2. The quantitative estimate of drug-likeness (QED) is 0.141. The van der Waals surface area contributed by atoms with Crippen LogP contribution < -0.4 is 10.5 Å². The zero-order valence-electron chi connectivity index (χ0n) is 18.3. The summed E-state index contributed by atoms with van der Waals surface area (Å²) in [6.45, 7) is 0. The number of Topliss-reactive ketones (excluding diaryl/α,β-unsaturated/α-hetero) is 1. The highest BCUT2D eigenvalue weighted by Gasteiger charge is 2.24. The van der Waals surface area contributed by atoms with E-state index >= 15 is 4.39 Å². The van der Waals surface area contributed by atoms with Crippen LogP contribution in [0.4, 0.5) is 20.3 Å². The fourth-order valence-electron chi connectivity index (χ4n) is 3.33. The first kappa shape index (κ1) is 23.9. The predicted octanol–water partition coefficient (Wildman–Crippen LogP) is 5.83. The molecule has 0 fully saturated rings. The van der Waals surface area contributed by atoms with Gasteiger partial charge >= 0.3 is 0 Å². The first-order valence-corrected chi connectivity index (χ1v) is 11.4. The van der Waals surface area contributed by atoms with Crippen molar-refractivity contribution in [3.8, 4) is 16.9 Å². The Labute approximate surface area is 204 Å². The van der Waals surface area contributed by atoms with Crippen LogP contribution in [-0.4, -0.2) is 21.6 Å². The second kappa shape index (κ2) is 10.4. The Balaban J connectivity index is 1.58. The van der Waals surface area contributed by atoms with Crippen LogP contribution in [-0.2, 0) is 5.75 Å². The molecule has 1 aromatic heterocycles. The van der Waals surface area contributed by atoms with Crippen molar-refractivity contribution < 1.29 is 18.7 Å². The van der Waals surface area contributed by atoms with Crippen molar-refractivity contribution in [2.75, 3.05) is 10.5 Å². The Morgan fingerprint density at radius 1 is 1.00 bits per heavy atom. The predicted molar refractivity (Wildman–Crippen MR) is 135 cm³/mol. The van der Waals surface area contributed by atoms with Gasteiger partial charge < -0.3 is 15.6 Å². The molecule has 0 atom stereocenters. The fraction of sp³-hybridized carbons (Fsp3) is 0.0385. The lowest BCUT2D eigenvalue weighted by atomic mass is 9.97. The van der Waals surface area contributed by atoms with E-state index < -0.39 is 34.4 Å². The molecular formula is C26H20F2N4O2S. The van der Waals surface area contributed by atoms with Crippen molar-refractivity contribution in [2.45, 2.75) is 5.75 Å². The maximum absolute atomic E-state index is 15.2. The molecule has 0 bridgehead atoms. The topological polar surface area (TPSA) is 112 Å². The number of anilines is 2. The molecule has 0 amide bonds. The van der Waals surface area contributed by atoms with Gasteiger partial charge in [-0.3, -0.25) is 10.2 Å². The van der Waals surface area contributed by atoms with E-state index in [1.54, 1.807) is 12.1 Å². The summed E-state index contributed by atoms with van der Waals surface area (Å²) in [6.07, 6.45) is 1.47. The molecule has 6 nitrogen and oxygen atoms in total. The number of carbonyl (C=O) groups is 1. The Morgan fingerprint density at radius 3 is 2.43 bits per heavy atom. The average molecular weight is 491 g/mol. The molecule has 4 rings (SSSR count). The Morgan fingerprint density at radius 2 is 1.71 bits per heavy atom. The molecule has 3 aromatic carbocycles. The summed E-state index contributed by atoms with van der Waals surface area (Å²) in [4.78, 5) is 17.1. The number of ketones is 1. The molecule has 0 radical (unpaired) electrons. The number of carbonyl (C=O) groups excluding carboxylic acids is 1. The first-order valence-electron chi connectivity index (χ1n) is 10.4. The summed E-state index contributed by atoms with van der Waals surface area (Å²) in [5.74, 6) is -2.47. The van der Waals surface area contributed by atoms with Crippen LogP contribution in [0.5, 0.6) is 5.75 Å². The lowest BCUT2D eigenvalue weighted by molar-refractivity contribution is 0.106. The number of phenolic OH excluding ortho intramolecular Hbond substituents is 1. The number of aromatic nitrogens is 1. The largest absolute Gasteiger partial charge is 0.508 e. The highest BCUT2D eigenvalue weighted by Crippen LogP contribution is 2.28. The zero-order valence-corrected chi connectivity index (χ0v) is 19.1. The van der Waals surface area contributed by atoms with Crippen molar-refractivity contribution in [3.05, 3.63) is 107 Å². The number of nitrogens with zero attached hydrogens (tertiary/aromatic N) is 1. The maximum atomic E-state index is 15.2. The number of hydrogen-bond acceptors (Lipinski definition) is 7. The molecule has 0 aliphatic rings. The normalized spacial score (nSPS) is 10.7. The number of nitrogen functional groups attached to an aromatic ring is 1. The summed E-state index contributed by atoms with van der Waals surface area (Å²) in [6, 6.07) is 19.1. The fourth-order valence-corrected chi connectivity index (χ4v) is 4.09. The summed E-state index contributed by atoms with van der Waals surface area (Å²) in [5.41, 5.74) is 6.59. The van der Waals surface area contributed by atoms with Crippen LogP contribution in [0, 0.1) is 17.0 Å². The summed E-state index contributed by atoms with van der Waals surface area (Å²) in [7, 11) is 0. The molecule has 0 saturated heterocycles. The summed E-state index contributed by atoms with van der Waals surface area (Å²) < 4.78 is 32.1. The number of benzene rings is 3. The minimum atomic E-state index is -1.10. The third-order valence-electron chi connectivity index (χ3n) is 5.21. The number of pyridine rings is 1. The van der Waals surface area contributed by atoms with Crippen molar-refractivity contribution in [1.29, 1.82) is 5.41 Å². The lowest BCUT2D eigenvalue weighted by Gasteiger charge is -2.13. The van der Waals surface area contributed by atoms with E-state index in [9.17, 15) is 14.3 Å². The maximum Gasteiger partial charge on any atom is 0.214 e. The van der Waals surface area contributed by atoms with E-state index in [1.165, 1.54) is 24.4 Å². The smallest absolute Gasteiger partial charge is 0.214 e. The van der Waals surface area contributed by atoms with Gasteiger partial charge in [0, 0.05) is 23.1 Å². The van der Waals surface area contributed by atoms with Crippen LogP contribution in [0.25, 0.3) is 11.1 Å². The Kier molecular flexibility index (Phi) is 7.07. The van der Waals surface area contributed by atoms with Crippen LogP contribution in [0.15, 0.2) is 79.0 Å². The Hall–Kier alpha value is -4.24. The number of hydrogen-bond donors (Lipinski definition) is 4. The molecule has 0 spiro atoms. The van der Waals surface area contributed by atoms with Crippen LogP contribution in [0.1, 0.15) is 21.5 Å². The number of aromatic hydroxyl groups is 1. The molecule has 0 aliphatic heterocycles. The van der Waals surface area contributed by atoms with Crippen molar-refractivity contribution >= 4 is 34.9 Å². The van der Waals surface area contributed by atoms with Crippen molar-refractivity contribution in [3.63, 3.8) is 0 Å². The van der Waals surface area contributed by atoms with Crippen LogP contribution >= 0.6 is 11.9 Å². The molecule has 176 valence electrons. The van der Waals surface area contributed by atoms with E-state index in [4.69, 9.17) is 11.1 Å². The molecule has 0 unspecified atom stereocenters. The minimum Gasteiger partial charge on any atom is -0.508 e. The third-order valence-corrected chi connectivity index (χ3v) is 6.03. The van der Waals surface area contributed by atoms with Gasteiger partial charge in [0.05, 0.1) is 5.56 Å². The first-order chi connectivity index (χ1) is 16.8. The van der Waals surface area contributed by atoms with Gasteiger partial charge in [0.1, 0.15) is 28.8 Å². The molecule has 0 saturated carbocycles. The van der Waals surface area contributed by atoms with Gasteiger partial charge in [-0.25, -0.2) is 13.8 Å². The van der Waals surface area contributed by atoms with Gasteiger partial charge in [-0.1, -0.05) is 42.5 Å².